The van der Waals surface area contributed by atoms with E-state index in [9.17, 15) is 4.39 Å². The molecule has 0 atom stereocenters. The summed E-state index contributed by atoms with van der Waals surface area (Å²) in [4.78, 5) is 1.06. The van der Waals surface area contributed by atoms with E-state index in [0.717, 1.165) is 27.1 Å². The molecule has 4 aromatic rings. The highest BCUT2D eigenvalue weighted by molar-refractivity contribution is 7.98. The molecule has 4 rings (SSSR count). The zero-order valence-electron chi connectivity index (χ0n) is 13.2. The molecule has 2 aromatic heterocycles. The topological polar surface area (TPSA) is 30.7 Å². The number of aromatic nitrogens is 3. The lowest BCUT2D eigenvalue weighted by Gasteiger charge is -2.09. The molecular weight excluding hydrogens is 353 g/mol. The summed E-state index contributed by atoms with van der Waals surface area (Å²) in [5, 5.41) is 11.6. The number of rotatable bonds is 5. The molecule has 0 fully saturated rings. The Labute approximate surface area is 153 Å². The minimum Gasteiger partial charge on any atom is -0.269 e. The number of nitrogens with zero attached hydrogens (tertiary/aromatic N) is 3. The van der Waals surface area contributed by atoms with Gasteiger partial charge in [-0.25, -0.2) is 4.39 Å². The van der Waals surface area contributed by atoms with Crippen molar-refractivity contribution in [2.75, 3.05) is 0 Å². The van der Waals surface area contributed by atoms with Gasteiger partial charge in [0.15, 0.2) is 11.0 Å². The SMILES string of the molecule is Fc1cccc(CSc2nnc(-c3cccs3)n2-c2ccccc2)c1. The number of benzene rings is 2. The summed E-state index contributed by atoms with van der Waals surface area (Å²) in [6.07, 6.45) is 0. The van der Waals surface area contributed by atoms with Crippen LogP contribution >= 0.6 is 23.1 Å². The molecule has 124 valence electrons. The zero-order valence-corrected chi connectivity index (χ0v) is 14.8. The van der Waals surface area contributed by atoms with E-state index < -0.39 is 0 Å². The zero-order chi connectivity index (χ0) is 17.1. The summed E-state index contributed by atoms with van der Waals surface area (Å²) >= 11 is 3.18. The first-order valence-electron chi connectivity index (χ1n) is 7.73. The smallest absolute Gasteiger partial charge is 0.196 e. The van der Waals surface area contributed by atoms with Gasteiger partial charge in [-0.1, -0.05) is 48.2 Å². The van der Waals surface area contributed by atoms with Gasteiger partial charge in [0.1, 0.15) is 5.82 Å². The second-order valence-electron chi connectivity index (χ2n) is 5.37. The third-order valence-electron chi connectivity index (χ3n) is 3.65. The lowest BCUT2D eigenvalue weighted by Crippen LogP contribution is -1.98. The fraction of sp³-hybridized carbons (Fsp3) is 0.0526. The second kappa shape index (κ2) is 7.21. The molecule has 3 nitrogen and oxygen atoms in total. The highest BCUT2D eigenvalue weighted by Gasteiger charge is 2.16. The summed E-state index contributed by atoms with van der Waals surface area (Å²) in [7, 11) is 0. The third kappa shape index (κ3) is 3.50. The molecule has 25 heavy (non-hydrogen) atoms. The predicted octanol–water partition coefficient (Wildman–Crippen LogP) is 5.43. The van der Waals surface area contributed by atoms with Crippen molar-refractivity contribution in [1.82, 2.24) is 14.8 Å². The fourth-order valence-electron chi connectivity index (χ4n) is 2.51. The van der Waals surface area contributed by atoms with Crippen LogP contribution in [-0.4, -0.2) is 14.8 Å². The maximum atomic E-state index is 13.4. The Morgan fingerprint density at radius 3 is 2.60 bits per heavy atom. The molecule has 0 amide bonds. The summed E-state index contributed by atoms with van der Waals surface area (Å²) in [5.74, 6) is 1.23. The van der Waals surface area contributed by atoms with Crippen molar-refractivity contribution in [1.29, 1.82) is 0 Å². The van der Waals surface area contributed by atoms with Crippen molar-refractivity contribution in [3.8, 4) is 16.4 Å². The molecular formula is C19H14FN3S2. The van der Waals surface area contributed by atoms with Crippen molar-refractivity contribution in [2.45, 2.75) is 10.9 Å². The molecule has 0 unspecified atom stereocenters. The van der Waals surface area contributed by atoms with Gasteiger partial charge in [0.2, 0.25) is 0 Å². The van der Waals surface area contributed by atoms with Gasteiger partial charge in [0.05, 0.1) is 4.88 Å². The maximum absolute atomic E-state index is 13.4. The quantitative estimate of drug-likeness (QED) is 0.441. The van der Waals surface area contributed by atoms with Gasteiger partial charge in [0, 0.05) is 11.4 Å². The molecule has 0 spiro atoms. The Bertz CT molecular complexity index is 966. The standard InChI is InChI=1S/C19H14FN3S2/c20-15-7-4-6-14(12-15)13-25-19-22-21-18(17-10-5-11-24-17)23(19)16-8-2-1-3-9-16/h1-12H,13H2. The Morgan fingerprint density at radius 1 is 0.960 bits per heavy atom. The van der Waals surface area contributed by atoms with E-state index >= 15 is 0 Å². The minimum absolute atomic E-state index is 0.220. The highest BCUT2D eigenvalue weighted by Crippen LogP contribution is 2.31. The first kappa shape index (κ1) is 16.1. The molecule has 6 heteroatoms. The average molecular weight is 367 g/mol. The molecule has 0 N–H and O–H groups in total. The predicted molar refractivity (Wildman–Crippen MR) is 101 cm³/mol. The first-order chi connectivity index (χ1) is 12.3. The van der Waals surface area contributed by atoms with Crippen molar-refractivity contribution < 1.29 is 4.39 Å². The summed E-state index contributed by atoms with van der Waals surface area (Å²) in [6.45, 7) is 0. The highest BCUT2D eigenvalue weighted by atomic mass is 32.2. The van der Waals surface area contributed by atoms with Crippen LogP contribution in [0.3, 0.4) is 0 Å². The second-order valence-corrected chi connectivity index (χ2v) is 7.26. The number of halogens is 1. The molecule has 0 aliphatic carbocycles. The van der Waals surface area contributed by atoms with Crippen molar-refractivity contribution in [3.63, 3.8) is 0 Å². The lowest BCUT2D eigenvalue weighted by molar-refractivity contribution is 0.626. The van der Waals surface area contributed by atoms with Gasteiger partial charge >= 0.3 is 0 Å². The van der Waals surface area contributed by atoms with Gasteiger partial charge in [-0.3, -0.25) is 4.57 Å². The monoisotopic (exact) mass is 367 g/mol. The van der Waals surface area contributed by atoms with Crippen LogP contribution in [0.4, 0.5) is 4.39 Å². The van der Waals surface area contributed by atoms with Gasteiger partial charge in [-0.2, -0.15) is 0 Å². The number of thiophene rings is 1. The number of hydrogen-bond donors (Lipinski definition) is 0. The average Bonchev–Trinajstić information content (AvgIpc) is 3.30. The van der Waals surface area contributed by atoms with E-state index in [2.05, 4.69) is 14.8 Å². The van der Waals surface area contributed by atoms with Crippen LogP contribution in [-0.2, 0) is 5.75 Å². The first-order valence-corrected chi connectivity index (χ1v) is 9.60. The Morgan fingerprint density at radius 2 is 1.84 bits per heavy atom. The van der Waals surface area contributed by atoms with Crippen molar-refractivity contribution in [3.05, 3.63) is 83.5 Å². The van der Waals surface area contributed by atoms with Gasteiger partial charge in [-0.15, -0.1) is 21.5 Å². The minimum atomic E-state index is -0.220. The van der Waals surface area contributed by atoms with Gasteiger partial charge in [-0.05, 0) is 41.3 Å². The van der Waals surface area contributed by atoms with Crippen LogP contribution in [0.15, 0.2) is 77.3 Å². The van der Waals surface area contributed by atoms with E-state index in [0.29, 0.717) is 5.75 Å². The van der Waals surface area contributed by atoms with Crippen LogP contribution < -0.4 is 0 Å². The Hall–Kier alpha value is -2.44. The van der Waals surface area contributed by atoms with E-state index in [1.807, 2.05) is 53.9 Å². The Kier molecular flexibility index (Phi) is 4.63. The third-order valence-corrected chi connectivity index (χ3v) is 5.51. The summed E-state index contributed by atoms with van der Waals surface area (Å²) < 4.78 is 15.4. The van der Waals surface area contributed by atoms with E-state index in [4.69, 9.17) is 0 Å². The van der Waals surface area contributed by atoms with Gasteiger partial charge < -0.3 is 0 Å². The van der Waals surface area contributed by atoms with Crippen LogP contribution in [0.25, 0.3) is 16.4 Å². The molecule has 0 aliphatic heterocycles. The summed E-state index contributed by atoms with van der Waals surface area (Å²) in [6, 6.07) is 20.7. The molecule has 2 aromatic carbocycles. The normalized spacial score (nSPS) is 10.9. The van der Waals surface area contributed by atoms with Crippen molar-refractivity contribution >= 4 is 23.1 Å². The van der Waals surface area contributed by atoms with Crippen LogP contribution in [0.2, 0.25) is 0 Å². The van der Waals surface area contributed by atoms with Crippen LogP contribution in [0, 0.1) is 5.82 Å². The van der Waals surface area contributed by atoms with E-state index in [-0.39, 0.29) is 5.82 Å². The largest absolute Gasteiger partial charge is 0.269 e. The molecule has 0 aliphatic rings. The number of para-hydroxylation sites is 1. The van der Waals surface area contributed by atoms with E-state index in [1.54, 1.807) is 35.2 Å². The van der Waals surface area contributed by atoms with Crippen LogP contribution in [0.5, 0.6) is 0 Å². The van der Waals surface area contributed by atoms with Gasteiger partial charge in [0.25, 0.3) is 0 Å². The molecule has 2 heterocycles. The summed E-state index contributed by atoms with van der Waals surface area (Å²) in [5.41, 5.74) is 1.93. The molecule has 0 saturated heterocycles. The van der Waals surface area contributed by atoms with Crippen LogP contribution in [0.1, 0.15) is 5.56 Å². The fourth-order valence-corrected chi connectivity index (χ4v) is 4.11. The molecule has 0 radical (unpaired) electrons. The number of thioether (sulfide) groups is 1. The molecule has 0 bridgehead atoms. The van der Waals surface area contributed by atoms with Crippen molar-refractivity contribution in [2.24, 2.45) is 0 Å². The Balaban J connectivity index is 1.70. The maximum Gasteiger partial charge on any atom is 0.196 e. The number of hydrogen-bond acceptors (Lipinski definition) is 4. The molecule has 0 saturated carbocycles. The lowest BCUT2D eigenvalue weighted by atomic mass is 10.2. The van der Waals surface area contributed by atoms with E-state index in [1.165, 1.54) is 6.07 Å².